The van der Waals surface area contributed by atoms with Crippen molar-refractivity contribution in [3.8, 4) is 11.5 Å². The highest BCUT2D eigenvalue weighted by molar-refractivity contribution is 5.73. The van der Waals surface area contributed by atoms with Crippen LogP contribution in [-0.4, -0.2) is 27.8 Å². The lowest BCUT2D eigenvalue weighted by molar-refractivity contribution is -0.140. The third kappa shape index (κ3) is 9.99. The first kappa shape index (κ1) is 33.5. The quantitative estimate of drug-likeness (QED) is 0.182. The zero-order chi connectivity index (χ0) is 29.3. The smallest absolute Gasteiger partial charge is 0.320 e. The molecule has 0 saturated heterocycles. The molecule has 0 radical (unpaired) electrons. The van der Waals surface area contributed by atoms with Gasteiger partial charge in [-0.05, 0) is 81.3 Å². The average Bonchev–Trinajstić information content (AvgIpc) is 2.84. The zero-order valence-electron chi connectivity index (χ0n) is 26.6. The van der Waals surface area contributed by atoms with Crippen molar-refractivity contribution < 1.29 is 19.7 Å². The third-order valence-corrected chi connectivity index (χ3v) is 9.14. The second kappa shape index (κ2) is 15.3. The number of nitrogens with one attached hydrogen (secondary N) is 1. The standard InChI is InChI=1S/C34H59NO4/c1-22(2)13-10-14-24(5)15-11-16-25(6)17-12-19-34(9)20-18-28-29(21-35-30(23(3)4)33(37)38)31(36)26(7)27(8)32(28)39-34/h22-25,30,35-36H,10-21H2,1-9H3,(H,37,38)/t24?,25?,30-,34?/m0/s1. The van der Waals surface area contributed by atoms with Crippen molar-refractivity contribution in [1.82, 2.24) is 5.32 Å². The van der Waals surface area contributed by atoms with Gasteiger partial charge in [0.2, 0.25) is 0 Å². The molecule has 3 N–H and O–H groups in total. The maximum atomic E-state index is 11.7. The Kier molecular flexibility index (Phi) is 13.1. The van der Waals surface area contributed by atoms with Gasteiger partial charge in [-0.25, -0.2) is 0 Å². The summed E-state index contributed by atoms with van der Waals surface area (Å²) < 4.78 is 6.72. The first-order valence-electron chi connectivity index (χ1n) is 15.7. The van der Waals surface area contributed by atoms with Crippen molar-refractivity contribution in [2.75, 3.05) is 0 Å². The largest absolute Gasteiger partial charge is 0.507 e. The molecular weight excluding hydrogens is 486 g/mol. The molecule has 1 aliphatic heterocycles. The van der Waals surface area contributed by atoms with E-state index in [0.717, 1.165) is 71.4 Å². The predicted octanol–water partition coefficient (Wildman–Crippen LogP) is 8.73. The third-order valence-electron chi connectivity index (χ3n) is 9.14. The molecule has 1 aromatic carbocycles. The number of phenolic OH excluding ortho intramolecular Hbond substituents is 1. The monoisotopic (exact) mass is 545 g/mol. The van der Waals surface area contributed by atoms with Crippen LogP contribution in [0.2, 0.25) is 0 Å². The number of hydrogen-bond acceptors (Lipinski definition) is 4. The molecule has 0 spiro atoms. The Morgan fingerprint density at radius 2 is 1.49 bits per heavy atom. The number of carbonyl (C=O) groups is 1. The van der Waals surface area contributed by atoms with Crippen LogP contribution >= 0.6 is 0 Å². The Bertz CT molecular complexity index is 925. The fourth-order valence-corrected chi connectivity index (χ4v) is 6.16. The number of benzene rings is 1. The van der Waals surface area contributed by atoms with E-state index in [1.54, 1.807) is 0 Å². The molecule has 1 aliphatic rings. The molecule has 5 nitrogen and oxygen atoms in total. The van der Waals surface area contributed by atoms with Crippen molar-refractivity contribution in [3.63, 3.8) is 0 Å². The first-order chi connectivity index (χ1) is 18.3. The van der Waals surface area contributed by atoms with Crippen LogP contribution in [0, 0.1) is 37.5 Å². The number of aromatic hydroxyl groups is 1. The number of ether oxygens (including phenoxy) is 1. The van der Waals surface area contributed by atoms with Crippen LogP contribution in [0.1, 0.15) is 135 Å². The number of fused-ring (bicyclic) bond motifs is 1. The van der Waals surface area contributed by atoms with Crippen molar-refractivity contribution in [3.05, 3.63) is 22.3 Å². The lowest BCUT2D eigenvalue weighted by atomic mass is 9.83. The second-order valence-electron chi connectivity index (χ2n) is 13.7. The predicted molar refractivity (Wildman–Crippen MR) is 163 cm³/mol. The molecule has 4 atom stereocenters. The summed E-state index contributed by atoms with van der Waals surface area (Å²) in [7, 11) is 0. The lowest BCUT2D eigenvalue weighted by Crippen LogP contribution is -2.41. The van der Waals surface area contributed by atoms with Gasteiger partial charge in [-0.3, -0.25) is 10.1 Å². The zero-order valence-corrected chi connectivity index (χ0v) is 26.6. The van der Waals surface area contributed by atoms with Crippen LogP contribution in [0.25, 0.3) is 0 Å². The molecule has 1 heterocycles. The summed E-state index contributed by atoms with van der Waals surface area (Å²) in [6.45, 7) is 19.8. The molecular formula is C34H59NO4. The topological polar surface area (TPSA) is 78.8 Å². The highest BCUT2D eigenvalue weighted by Gasteiger charge is 2.35. The van der Waals surface area contributed by atoms with Crippen LogP contribution in [0.15, 0.2) is 0 Å². The Balaban J connectivity index is 1.93. The summed E-state index contributed by atoms with van der Waals surface area (Å²) in [6.07, 6.45) is 13.3. The van der Waals surface area contributed by atoms with Gasteiger partial charge in [0.05, 0.1) is 0 Å². The van der Waals surface area contributed by atoms with Crippen molar-refractivity contribution >= 4 is 5.97 Å². The fourth-order valence-electron chi connectivity index (χ4n) is 6.16. The second-order valence-corrected chi connectivity index (χ2v) is 13.7. The van der Waals surface area contributed by atoms with Gasteiger partial charge in [-0.1, -0.05) is 86.5 Å². The molecule has 0 amide bonds. The molecule has 5 heteroatoms. The van der Waals surface area contributed by atoms with E-state index in [0.29, 0.717) is 6.54 Å². The average molecular weight is 546 g/mol. The highest BCUT2D eigenvalue weighted by Crippen LogP contribution is 2.45. The summed E-state index contributed by atoms with van der Waals surface area (Å²) >= 11 is 0. The maximum absolute atomic E-state index is 11.7. The summed E-state index contributed by atoms with van der Waals surface area (Å²) in [6, 6.07) is -0.661. The van der Waals surface area contributed by atoms with Gasteiger partial charge < -0.3 is 14.9 Å². The Morgan fingerprint density at radius 1 is 0.923 bits per heavy atom. The van der Waals surface area contributed by atoms with Gasteiger partial charge in [-0.15, -0.1) is 0 Å². The Labute approximate surface area is 239 Å². The van der Waals surface area contributed by atoms with E-state index in [-0.39, 0.29) is 17.3 Å². The maximum Gasteiger partial charge on any atom is 0.320 e. The number of aliphatic carboxylic acids is 1. The summed E-state index contributed by atoms with van der Waals surface area (Å²) in [5.74, 6) is 2.66. The summed E-state index contributed by atoms with van der Waals surface area (Å²) in [4.78, 5) is 11.7. The number of hydrogen-bond donors (Lipinski definition) is 3. The molecule has 3 unspecified atom stereocenters. The van der Waals surface area contributed by atoms with Crippen molar-refractivity contribution in [2.45, 2.75) is 151 Å². The minimum Gasteiger partial charge on any atom is -0.507 e. The Hall–Kier alpha value is -1.75. The molecule has 2 rings (SSSR count). The van der Waals surface area contributed by atoms with Crippen LogP contribution in [-0.2, 0) is 17.8 Å². The van der Waals surface area contributed by atoms with Gasteiger partial charge >= 0.3 is 5.97 Å². The number of carboxylic acids is 1. The van der Waals surface area contributed by atoms with E-state index >= 15 is 0 Å². The molecule has 0 aliphatic carbocycles. The molecule has 0 fully saturated rings. The van der Waals surface area contributed by atoms with Crippen LogP contribution in [0.5, 0.6) is 11.5 Å². The van der Waals surface area contributed by atoms with Crippen molar-refractivity contribution in [2.24, 2.45) is 23.7 Å². The van der Waals surface area contributed by atoms with E-state index in [1.165, 1.54) is 44.9 Å². The number of phenols is 1. The van der Waals surface area contributed by atoms with Gasteiger partial charge in [0, 0.05) is 17.7 Å². The summed E-state index contributed by atoms with van der Waals surface area (Å²) in [5, 5.41) is 23.7. The fraction of sp³-hybridized carbons (Fsp3) is 0.794. The first-order valence-corrected chi connectivity index (χ1v) is 15.7. The van der Waals surface area contributed by atoms with E-state index in [1.807, 2.05) is 27.7 Å². The van der Waals surface area contributed by atoms with E-state index in [4.69, 9.17) is 4.74 Å². The van der Waals surface area contributed by atoms with Gasteiger partial charge in [0.15, 0.2) is 0 Å². The molecule has 0 bridgehead atoms. The minimum absolute atomic E-state index is 0.0490. The van der Waals surface area contributed by atoms with Gasteiger partial charge in [-0.2, -0.15) is 0 Å². The normalized spacial score (nSPS) is 19.6. The minimum atomic E-state index is -0.864. The molecule has 224 valence electrons. The lowest BCUT2D eigenvalue weighted by Gasteiger charge is -2.38. The van der Waals surface area contributed by atoms with E-state index in [2.05, 4.69) is 39.9 Å². The SMILES string of the molecule is Cc1c(C)c2c(c(CN[C@H](C(=O)O)C(C)C)c1O)CCC(C)(CCCC(C)CCCC(C)CCCC(C)C)O2. The van der Waals surface area contributed by atoms with Gasteiger partial charge in [0.1, 0.15) is 23.1 Å². The Morgan fingerprint density at radius 3 is 2.03 bits per heavy atom. The van der Waals surface area contributed by atoms with Gasteiger partial charge in [0.25, 0.3) is 0 Å². The van der Waals surface area contributed by atoms with E-state index in [9.17, 15) is 15.0 Å². The van der Waals surface area contributed by atoms with Crippen molar-refractivity contribution in [1.29, 1.82) is 0 Å². The number of rotatable bonds is 17. The molecule has 0 aromatic heterocycles. The molecule has 0 saturated carbocycles. The molecule has 1 aromatic rings. The number of carboxylic acid groups (broad SMARTS) is 1. The summed E-state index contributed by atoms with van der Waals surface area (Å²) in [5.41, 5.74) is 3.42. The highest BCUT2D eigenvalue weighted by atomic mass is 16.5. The van der Waals surface area contributed by atoms with E-state index < -0.39 is 12.0 Å². The molecule has 39 heavy (non-hydrogen) atoms. The van der Waals surface area contributed by atoms with Crippen LogP contribution < -0.4 is 10.1 Å². The van der Waals surface area contributed by atoms with Crippen LogP contribution in [0.3, 0.4) is 0 Å². The van der Waals surface area contributed by atoms with Crippen LogP contribution in [0.4, 0.5) is 0 Å².